The highest BCUT2D eigenvalue weighted by Crippen LogP contribution is 2.34. The summed E-state index contributed by atoms with van der Waals surface area (Å²) in [5.74, 6) is -2.49. The smallest absolute Gasteiger partial charge is 0.427 e. The molecule has 0 fully saturated rings. The molecule has 2 N–H and O–H groups in total. The first kappa shape index (κ1) is 16.2. The number of aliphatic carboxylic acids is 1. The zero-order chi connectivity index (χ0) is 15.3. The van der Waals surface area contributed by atoms with Crippen LogP contribution in [0.5, 0.6) is 0 Å². The number of alkyl halides is 3. The van der Waals surface area contributed by atoms with Crippen LogP contribution >= 0.6 is 11.3 Å². The second kappa shape index (κ2) is 6.51. The van der Waals surface area contributed by atoms with E-state index in [2.05, 4.69) is 4.98 Å². The van der Waals surface area contributed by atoms with Crippen LogP contribution in [-0.2, 0) is 11.0 Å². The van der Waals surface area contributed by atoms with Gasteiger partial charge in [0.25, 0.3) is 5.91 Å². The minimum absolute atomic E-state index is 0.0247. The first-order valence-electron chi connectivity index (χ1n) is 5.42. The highest BCUT2D eigenvalue weighted by atomic mass is 32.1. The number of halogens is 3. The molecule has 1 heterocycles. The first-order chi connectivity index (χ1) is 9.27. The second-order valence-corrected chi connectivity index (χ2v) is 4.55. The lowest BCUT2D eigenvalue weighted by Crippen LogP contribution is -2.41. The molecule has 5 nitrogen and oxygen atoms in total. The molecule has 1 aromatic heterocycles. The van der Waals surface area contributed by atoms with Crippen molar-refractivity contribution in [2.75, 3.05) is 0 Å². The zero-order valence-electron chi connectivity index (χ0n) is 10.3. The number of nitrogens with one attached hydrogen (secondary N) is 1. The Morgan fingerprint density at radius 2 is 2.20 bits per heavy atom. The van der Waals surface area contributed by atoms with Gasteiger partial charge in [0.2, 0.25) is 0 Å². The molecule has 1 unspecified atom stereocenters. The van der Waals surface area contributed by atoms with Crippen LogP contribution in [0.1, 0.15) is 28.7 Å². The van der Waals surface area contributed by atoms with Crippen molar-refractivity contribution in [3.8, 4) is 0 Å². The number of rotatable bonds is 5. The fourth-order valence-corrected chi connectivity index (χ4v) is 1.98. The summed E-state index contributed by atoms with van der Waals surface area (Å²) >= 11 is 0.280. The molecule has 0 radical (unpaired) electrons. The number of nitrogens with zero attached hydrogens (tertiary/aromatic N) is 1. The van der Waals surface area contributed by atoms with E-state index in [1.165, 1.54) is 6.08 Å². The topological polar surface area (TPSA) is 79.3 Å². The molecule has 0 saturated carbocycles. The maximum atomic E-state index is 12.6. The van der Waals surface area contributed by atoms with Crippen LogP contribution in [0.2, 0.25) is 0 Å². The van der Waals surface area contributed by atoms with E-state index in [0.717, 1.165) is 5.51 Å². The third kappa shape index (κ3) is 4.05. The standard InChI is InChI=1S/C11H11F3N2O3S/c1-2-3-4-6(10(18)19)16-9(17)7-8(11(12,13)14)20-5-15-7/h2-3,5-6H,4H2,1H3,(H,16,17)(H,18,19)/b3-2+. The average molecular weight is 308 g/mol. The third-order valence-electron chi connectivity index (χ3n) is 2.25. The Labute approximate surface area is 116 Å². The number of thiazole rings is 1. The summed E-state index contributed by atoms with van der Waals surface area (Å²) in [6.45, 7) is 1.66. The van der Waals surface area contributed by atoms with Crippen molar-refractivity contribution < 1.29 is 27.9 Å². The Balaban J connectivity index is 2.90. The molecule has 9 heteroatoms. The van der Waals surface area contributed by atoms with Gasteiger partial charge in [-0.3, -0.25) is 4.79 Å². The molecule has 1 atom stereocenters. The lowest BCUT2D eigenvalue weighted by atomic mass is 10.2. The van der Waals surface area contributed by atoms with Gasteiger partial charge in [-0.15, -0.1) is 11.3 Å². The molecule has 20 heavy (non-hydrogen) atoms. The lowest BCUT2D eigenvalue weighted by Gasteiger charge is -2.12. The van der Waals surface area contributed by atoms with Gasteiger partial charge in [-0.05, 0) is 13.3 Å². The fraction of sp³-hybridized carbons (Fsp3) is 0.364. The molecule has 0 saturated heterocycles. The van der Waals surface area contributed by atoms with Gasteiger partial charge in [0, 0.05) is 0 Å². The van der Waals surface area contributed by atoms with Gasteiger partial charge in [-0.25, -0.2) is 9.78 Å². The third-order valence-corrected chi connectivity index (χ3v) is 3.12. The predicted octanol–water partition coefficient (Wildman–Crippen LogP) is 2.31. The second-order valence-electron chi connectivity index (χ2n) is 3.70. The lowest BCUT2D eigenvalue weighted by molar-refractivity contribution is -0.139. The highest BCUT2D eigenvalue weighted by Gasteiger charge is 2.38. The highest BCUT2D eigenvalue weighted by molar-refractivity contribution is 7.10. The Hall–Kier alpha value is -1.90. The number of hydrogen-bond acceptors (Lipinski definition) is 4. The number of allylic oxidation sites excluding steroid dienone is 1. The normalized spacial score (nSPS) is 13.4. The molecule has 0 aliphatic rings. The van der Waals surface area contributed by atoms with E-state index < -0.39 is 34.7 Å². The van der Waals surface area contributed by atoms with Gasteiger partial charge >= 0.3 is 12.1 Å². The molecule has 1 aromatic rings. The number of carboxylic acids is 1. The van der Waals surface area contributed by atoms with Crippen LogP contribution in [0, 0.1) is 0 Å². The molecule has 1 rings (SSSR count). The van der Waals surface area contributed by atoms with E-state index >= 15 is 0 Å². The van der Waals surface area contributed by atoms with Crippen molar-refractivity contribution in [3.63, 3.8) is 0 Å². The van der Waals surface area contributed by atoms with Crippen LogP contribution < -0.4 is 5.32 Å². The minimum Gasteiger partial charge on any atom is -0.480 e. The van der Waals surface area contributed by atoms with E-state index in [0.29, 0.717) is 0 Å². The van der Waals surface area contributed by atoms with Crippen LogP contribution in [0.4, 0.5) is 13.2 Å². The van der Waals surface area contributed by atoms with Gasteiger partial charge in [-0.1, -0.05) is 12.2 Å². The number of carbonyl (C=O) groups is 2. The molecule has 0 aliphatic heterocycles. The quantitative estimate of drug-likeness (QED) is 0.818. The molecule has 0 aliphatic carbocycles. The maximum Gasteiger partial charge on any atom is 0.427 e. The molecule has 0 spiro atoms. The van der Waals surface area contributed by atoms with Crippen molar-refractivity contribution in [3.05, 3.63) is 28.2 Å². The van der Waals surface area contributed by atoms with Crippen LogP contribution in [0.15, 0.2) is 17.7 Å². The van der Waals surface area contributed by atoms with Gasteiger partial charge in [0.1, 0.15) is 10.9 Å². The summed E-state index contributed by atoms with van der Waals surface area (Å²) < 4.78 is 37.8. The molecular formula is C11H11F3N2O3S. The monoisotopic (exact) mass is 308 g/mol. The fourth-order valence-electron chi connectivity index (χ4n) is 1.33. The zero-order valence-corrected chi connectivity index (χ0v) is 11.1. The Morgan fingerprint density at radius 3 is 2.70 bits per heavy atom. The van der Waals surface area contributed by atoms with Crippen LogP contribution in [0.25, 0.3) is 0 Å². The maximum absolute atomic E-state index is 12.6. The number of hydrogen-bond donors (Lipinski definition) is 2. The Morgan fingerprint density at radius 1 is 1.55 bits per heavy atom. The molecule has 0 bridgehead atoms. The van der Waals surface area contributed by atoms with E-state index in [1.54, 1.807) is 13.0 Å². The summed E-state index contributed by atoms with van der Waals surface area (Å²) in [6, 6.07) is -1.30. The van der Waals surface area contributed by atoms with E-state index in [4.69, 9.17) is 5.11 Å². The average Bonchev–Trinajstić information content (AvgIpc) is 2.82. The van der Waals surface area contributed by atoms with Gasteiger partial charge in [0.05, 0.1) is 5.51 Å². The van der Waals surface area contributed by atoms with Crippen molar-refractivity contribution in [2.24, 2.45) is 0 Å². The minimum atomic E-state index is -4.70. The largest absolute Gasteiger partial charge is 0.480 e. The van der Waals surface area contributed by atoms with Crippen molar-refractivity contribution >= 4 is 23.2 Å². The van der Waals surface area contributed by atoms with Gasteiger partial charge in [-0.2, -0.15) is 13.2 Å². The van der Waals surface area contributed by atoms with Crippen LogP contribution in [0.3, 0.4) is 0 Å². The summed E-state index contributed by atoms with van der Waals surface area (Å²) in [4.78, 5) is 24.8. The molecular weight excluding hydrogens is 297 g/mol. The van der Waals surface area contributed by atoms with Crippen molar-refractivity contribution in [1.82, 2.24) is 10.3 Å². The predicted molar refractivity (Wildman–Crippen MR) is 65.4 cm³/mol. The summed E-state index contributed by atoms with van der Waals surface area (Å²) in [7, 11) is 0. The number of amides is 1. The van der Waals surface area contributed by atoms with E-state index in [-0.39, 0.29) is 17.8 Å². The molecule has 1 amide bonds. The Bertz CT molecular complexity index is 525. The van der Waals surface area contributed by atoms with Gasteiger partial charge < -0.3 is 10.4 Å². The SMILES string of the molecule is C/C=C/CC(NC(=O)c1ncsc1C(F)(F)F)C(=O)O. The van der Waals surface area contributed by atoms with Crippen molar-refractivity contribution in [1.29, 1.82) is 0 Å². The number of carbonyl (C=O) groups excluding carboxylic acids is 1. The summed E-state index contributed by atoms with van der Waals surface area (Å²) in [6.07, 6.45) is -1.66. The summed E-state index contributed by atoms with van der Waals surface area (Å²) in [5.41, 5.74) is 0.0774. The van der Waals surface area contributed by atoms with Crippen molar-refractivity contribution in [2.45, 2.75) is 25.6 Å². The van der Waals surface area contributed by atoms with E-state index in [1.807, 2.05) is 5.32 Å². The molecule has 110 valence electrons. The number of aromatic nitrogens is 1. The van der Waals surface area contributed by atoms with Gasteiger partial charge in [0.15, 0.2) is 5.69 Å². The number of carboxylic acid groups (broad SMARTS) is 1. The summed E-state index contributed by atoms with van der Waals surface area (Å²) in [5, 5.41) is 10.9. The van der Waals surface area contributed by atoms with E-state index in [9.17, 15) is 22.8 Å². The molecule has 0 aromatic carbocycles. The van der Waals surface area contributed by atoms with Crippen LogP contribution in [-0.4, -0.2) is 28.0 Å². The Kier molecular flexibility index (Phi) is 5.26. The first-order valence-corrected chi connectivity index (χ1v) is 6.30.